The lowest BCUT2D eigenvalue weighted by Crippen LogP contribution is -2.45. The zero-order chi connectivity index (χ0) is 19.2. The maximum Gasteiger partial charge on any atom is 0.251 e. The highest BCUT2D eigenvalue weighted by molar-refractivity contribution is 5.97. The molecule has 140 valence electrons. The van der Waals surface area contributed by atoms with E-state index in [4.69, 9.17) is 0 Å². The van der Waals surface area contributed by atoms with E-state index in [0.29, 0.717) is 12.1 Å². The van der Waals surface area contributed by atoms with Crippen LogP contribution >= 0.6 is 0 Å². The zero-order valence-electron chi connectivity index (χ0n) is 15.6. The van der Waals surface area contributed by atoms with Crippen molar-refractivity contribution in [3.63, 3.8) is 0 Å². The first-order valence-electron chi connectivity index (χ1n) is 9.12. The third-order valence-corrected chi connectivity index (χ3v) is 4.48. The largest absolute Gasteiger partial charge is 0.354 e. The first-order chi connectivity index (χ1) is 13.1. The Bertz CT molecular complexity index is 934. The lowest BCUT2D eigenvalue weighted by Gasteiger charge is -2.14. The van der Waals surface area contributed by atoms with Gasteiger partial charge in [-0.25, -0.2) is 4.98 Å². The molecule has 1 unspecified atom stereocenters. The van der Waals surface area contributed by atoms with Crippen molar-refractivity contribution >= 4 is 22.8 Å². The van der Waals surface area contributed by atoms with Gasteiger partial charge in [0.2, 0.25) is 5.91 Å². The number of nitrogens with one attached hydrogen (secondary N) is 2. The van der Waals surface area contributed by atoms with E-state index in [1.165, 1.54) is 0 Å². The van der Waals surface area contributed by atoms with Crippen LogP contribution in [0.5, 0.6) is 0 Å². The van der Waals surface area contributed by atoms with Crippen LogP contribution in [0.25, 0.3) is 11.0 Å². The fraction of sp³-hybridized carbons (Fsp3) is 0.286. The summed E-state index contributed by atoms with van der Waals surface area (Å²) in [7, 11) is 0. The van der Waals surface area contributed by atoms with E-state index in [1.54, 1.807) is 31.2 Å². The Labute approximate surface area is 158 Å². The topological polar surface area (TPSA) is 76.0 Å². The maximum absolute atomic E-state index is 12.2. The number of para-hydroxylation sites is 2. The molecule has 0 fully saturated rings. The van der Waals surface area contributed by atoms with E-state index < -0.39 is 6.04 Å². The molecule has 3 rings (SSSR count). The number of amides is 2. The highest BCUT2D eigenvalue weighted by atomic mass is 16.2. The van der Waals surface area contributed by atoms with Crippen molar-refractivity contribution in [2.75, 3.05) is 6.54 Å². The zero-order valence-corrected chi connectivity index (χ0v) is 15.6. The molecule has 0 aliphatic rings. The van der Waals surface area contributed by atoms with Gasteiger partial charge in [0.05, 0.1) is 11.0 Å². The van der Waals surface area contributed by atoms with Crippen LogP contribution in [0.4, 0.5) is 0 Å². The third-order valence-electron chi connectivity index (χ3n) is 4.48. The Morgan fingerprint density at radius 2 is 1.78 bits per heavy atom. The predicted octanol–water partition coefficient (Wildman–Crippen LogP) is 2.67. The van der Waals surface area contributed by atoms with Crippen molar-refractivity contribution in [3.8, 4) is 0 Å². The average Bonchev–Trinajstić information content (AvgIpc) is 3.00. The minimum atomic E-state index is -0.589. The van der Waals surface area contributed by atoms with Crippen LogP contribution < -0.4 is 10.6 Å². The molecule has 0 saturated carbocycles. The highest BCUT2D eigenvalue weighted by Crippen LogP contribution is 2.15. The number of rotatable bonds is 7. The van der Waals surface area contributed by atoms with E-state index in [0.717, 1.165) is 29.8 Å². The molecule has 27 heavy (non-hydrogen) atoms. The molecule has 2 aromatic carbocycles. The van der Waals surface area contributed by atoms with Crippen LogP contribution in [0.15, 0.2) is 54.6 Å². The smallest absolute Gasteiger partial charge is 0.251 e. The fourth-order valence-corrected chi connectivity index (χ4v) is 3.02. The molecule has 1 heterocycles. The monoisotopic (exact) mass is 364 g/mol. The first-order valence-corrected chi connectivity index (χ1v) is 9.12. The van der Waals surface area contributed by atoms with Gasteiger partial charge in [0, 0.05) is 18.7 Å². The molecule has 0 radical (unpaired) electrons. The molecular formula is C21H24N4O2. The van der Waals surface area contributed by atoms with Crippen molar-refractivity contribution in [1.29, 1.82) is 0 Å². The van der Waals surface area contributed by atoms with Gasteiger partial charge in [-0.2, -0.15) is 0 Å². The molecule has 6 heteroatoms. The lowest BCUT2D eigenvalue weighted by atomic mass is 10.2. The minimum absolute atomic E-state index is 0.188. The second-order valence-electron chi connectivity index (χ2n) is 6.51. The number of carbonyl (C=O) groups excluding carboxylic acids is 2. The van der Waals surface area contributed by atoms with Crippen molar-refractivity contribution in [2.24, 2.45) is 0 Å². The van der Waals surface area contributed by atoms with Gasteiger partial charge in [-0.1, -0.05) is 30.3 Å². The van der Waals surface area contributed by atoms with Crippen LogP contribution in [0.1, 0.15) is 29.5 Å². The number of hydrogen-bond acceptors (Lipinski definition) is 3. The summed E-state index contributed by atoms with van der Waals surface area (Å²) < 4.78 is 2.15. The van der Waals surface area contributed by atoms with Crippen LogP contribution in [0, 0.1) is 6.92 Å². The number of nitrogens with zero attached hydrogens (tertiary/aromatic N) is 2. The number of aryl methyl sites for hydroxylation is 2. The van der Waals surface area contributed by atoms with E-state index in [1.807, 2.05) is 31.2 Å². The first kappa shape index (κ1) is 18.6. The minimum Gasteiger partial charge on any atom is -0.354 e. The Morgan fingerprint density at radius 1 is 1.07 bits per heavy atom. The van der Waals surface area contributed by atoms with Gasteiger partial charge < -0.3 is 15.2 Å². The van der Waals surface area contributed by atoms with Crippen molar-refractivity contribution < 1.29 is 9.59 Å². The summed E-state index contributed by atoms with van der Waals surface area (Å²) >= 11 is 0. The van der Waals surface area contributed by atoms with Crippen LogP contribution in [0.3, 0.4) is 0 Å². The Kier molecular flexibility index (Phi) is 5.86. The van der Waals surface area contributed by atoms with Crippen LogP contribution in [-0.4, -0.2) is 34.0 Å². The van der Waals surface area contributed by atoms with Gasteiger partial charge in [-0.05, 0) is 44.5 Å². The van der Waals surface area contributed by atoms with Crippen LogP contribution in [0.2, 0.25) is 0 Å². The number of benzene rings is 2. The number of carbonyl (C=O) groups is 2. The molecule has 0 bridgehead atoms. The molecule has 0 spiro atoms. The summed E-state index contributed by atoms with van der Waals surface area (Å²) in [6.45, 7) is 4.98. The molecule has 1 atom stereocenters. The van der Waals surface area contributed by atoms with Gasteiger partial charge in [-0.15, -0.1) is 0 Å². The van der Waals surface area contributed by atoms with Crippen molar-refractivity contribution in [2.45, 2.75) is 32.9 Å². The quantitative estimate of drug-likeness (QED) is 0.633. The average molecular weight is 364 g/mol. The normalized spacial score (nSPS) is 11.9. The molecule has 2 amide bonds. The summed E-state index contributed by atoms with van der Waals surface area (Å²) in [5.74, 6) is 0.524. The SMILES string of the molecule is Cc1nc2ccccc2n1CCCNC(=O)C(C)NC(=O)c1ccccc1. The predicted molar refractivity (Wildman–Crippen MR) is 105 cm³/mol. The maximum atomic E-state index is 12.2. The molecule has 0 saturated heterocycles. The van der Waals surface area contributed by atoms with Gasteiger partial charge in [0.1, 0.15) is 11.9 Å². The Balaban J connectivity index is 1.46. The number of fused-ring (bicyclic) bond motifs is 1. The van der Waals surface area contributed by atoms with E-state index in [9.17, 15) is 9.59 Å². The molecule has 0 aliphatic heterocycles. The van der Waals surface area contributed by atoms with Crippen molar-refractivity contribution in [3.05, 3.63) is 66.0 Å². The molecular weight excluding hydrogens is 340 g/mol. The van der Waals surface area contributed by atoms with E-state index in [-0.39, 0.29) is 11.8 Å². The summed E-state index contributed by atoms with van der Waals surface area (Å²) in [6, 6.07) is 16.3. The third kappa shape index (κ3) is 4.53. The second-order valence-corrected chi connectivity index (χ2v) is 6.51. The van der Waals surface area contributed by atoms with Gasteiger partial charge in [-0.3, -0.25) is 9.59 Å². The molecule has 6 nitrogen and oxygen atoms in total. The van der Waals surface area contributed by atoms with Gasteiger partial charge >= 0.3 is 0 Å². The molecule has 2 N–H and O–H groups in total. The number of hydrogen-bond donors (Lipinski definition) is 2. The molecule has 0 aliphatic carbocycles. The molecule has 3 aromatic rings. The van der Waals surface area contributed by atoms with E-state index >= 15 is 0 Å². The summed E-state index contributed by atoms with van der Waals surface area (Å²) in [4.78, 5) is 28.9. The molecule has 1 aromatic heterocycles. The van der Waals surface area contributed by atoms with Crippen LogP contribution in [-0.2, 0) is 11.3 Å². The second kappa shape index (κ2) is 8.49. The lowest BCUT2D eigenvalue weighted by molar-refractivity contribution is -0.122. The summed E-state index contributed by atoms with van der Waals surface area (Å²) in [6.07, 6.45) is 0.784. The van der Waals surface area contributed by atoms with Gasteiger partial charge in [0.15, 0.2) is 0 Å². The number of aromatic nitrogens is 2. The summed E-state index contributed by atoms with van der Waals surface area (Å²) in [5.41, 5.74) is 2.63. The van der Waals surface area contributed by atoms with Crippen molar-refractivity contribution in [1.82, 2.24) is 20.2 Å². The number of imidazole rings is 1. The highest BCUT2D eigenvalue weighted by Gasteiger charge is 2.16. The Morgan fingerprint density at radius 3 is 2.56 bits per heavy atom. The Hall–Kier alpha value is -3.15. The standard InChI is InChI=1S/C21H24N4O2/c1-15(23-21(27)17-9-4-3-5-10-17)20(26)22-13-8-14-25-16(2)24-18-11-6-7-12-19(18)25/h3-7,9-12,15H,8,13-14H2,1-2H3,(H,22,26)(H,23,27). The van der Waals surface area contributed by atoms with E-state index in [2.05, 4.69) is 26.3 Å². The summed E-state index contributed by atoms with van der Waals surface area (Å²) in [5, 5.41) is 5.60. The van der Waals surface area contributed by atoms with Gasteiger partial charge in [0.25, 0.3) is 5.91 Å². The fourth-order valence-electron chi connectivity index (χ4n) is 3.02.